The number of esters is 1. The Morgan fingerprint density at radius 3 is 1.90 bits per heavy atom. The highest BCUT2D eigenvalue weighted by Gasteiger charge is 2.09. The molecule has 120 valence electrons. The molecular formula is C11H23NO7S. The molecule has 0 heterocycles. The van der Waals surface area contributed by atoms with Gasteiger partial charge in [-0.2, -0.15) is 0 Å². The van der Waals surface area contributed by atoms with Crippen molar-refractivity contribution in [2.45, 2.75) is 19.8 Å². The van der Waals surface area contributed by atoms with Gasteiger partial charge < -0.3 is 18.6 Å². The van der Waals surface area contributed by atoms with Crippen molar-refractivity contribution in [3.05, 3.63) is 0 Å². The van der Waals surface area contributed by atoms with Gasteiger partial charge in [-0.05, 0) is 6.92 Å². The summed E-state index contributed by atoms with van der Waals surface area (Å²) in [6, 6.07) is 0. The minimum Gasteiger partial charge on any atom is -0.726 e. The Morgan fingerprint density at radius 1 is 1.15 bits per heavy atom. The van der Waals surface area contributed by atoms with E-state index >= 15 is 0 Å². The van der Waals surface area contributed by atoms with Gasteiger partial charge in [0.2, 0.25) is 10.4 Å². The van der Waals surface area contributed by atoms with Crippen molar-refractivity contribution in [2.24, 2.45) is 0 Å². The van der Waals surface area contributed by atoms with E-state index in [0.717, 1.165) is 18.1 Å². The van der Waals surface area contributed by atoms with Gasteiger partial charge in [0, 0.05) is 6.42 Å². The first kappa shape index (κ1) is 21.3. The number of hydrogen-bond acceptors (Lipinski definition) is 7. The summed E-state index contributed by atoms with van der Waals surface area (Å²) in [6.07, 6.45) is 0.482. The summed E-state index contributed by atoms with van der Waals surface area (Å²) >= 11 is 0. The van der Waals surface area contributed by atoms with Crippen molar-refractivity contribution in [2.75, 3.05) is 41.4 Å². The number of rotatable bonds is 7. The number of ether oxygens (including phenoxy) is 1. The molecule has 0 rings (SSSR count). The first-order valence-corrected chi connectivity index (χ1v) is 7.17. The predicted molar refractivity (Wildman–Crippen MR) is 70.5 cm³/mol. The van der Waals surface area contributed by atoms with E-state index in [9.17, 15) is 22.6 Å². The molecule has 0 N–H and O–H groups in total. The Labute approximate surface area is 120 Å². The minimum absolute atomic E-state index is 0.0218. The Bertz CT molecular complexity index is 397. The second-order valence-corrected chi connectivity index (χ2v) is 6.16. The van der Waals surface area contributed by atoms with Crippen molar-refractivity contribution in [3.8, 4) is 0 Å². The quantitative estimate of drug-likeness (QED) is 0.274. The van der Waals surface area contributed by atoms with Crippen LogP contribution in [-0.4, -0.2) is 70.6 Å². The highest BCUT2D eigenvalue weighted by Crippen LogP contribution is 1.95. The Morgan fingerprint density at radius 2 is 1.60 bits per heavy atom. The van der Waals surface area contributed by atoms with Gasteiger partial charge >= 0.3 is 5.97 Å². The van der Waals surface area contributed by atoms with Crippen LogP contribution in [0.3, 0.4) is 0 Å². The summed E-state index contributed by atoms with van der Waals surface area (Å²) in [6.45, 7) is 2.67. The first-order valence-electron chi connectivity index (χ1n) is 5.84. The molecule has 0 saturated heterocycles. The van der Waals surface area contributed by atoms with E-state index in [1.54, 1.807) is 0 Å². The van der Waals surface area contributed by atoms with Gasteiger partial charge in [0.1, 0.15) is 18.9 Å². The van der Waals surface area contributed by atoms with Gasteiger partial charge in [0.05, 0.1) is 34.7 Å². The summed E-state index contributed by atoms with van der Waals surface area (Å²) in [5.41, 5.74) is 0. The molecule has 20 heavy (non-hydrogen) atoms. The molecule has 0 aliphatic rings. The Balaban J connectivity index is 0. The number of carbonyl (C=O) groups excluding carboxylic acids is 2. The maximum atomic E-state index is 11.1. The maximum Gasteiger partial charge on any atom is 0.306 e. The number of quaternary nitrogens is 1. The smallest absolute Gasteiger partial charge is 0.306 e. The molecule has 0 aliphatic heterocycles. The van der Waals surface area contributed by atoms with Gasteiger partial charge in [-0.15, -0.1) is 0 Å². The van der Waals surface area contributed by atoms with Crippen LogP contribution in [0.1, 0.15) is 19.8 Å². The number of nitrogens with zero attached hydrogens (tertiary/aromatic N) is 1. The minimum atomic E-state index is -4.41. The Hall–Kier alpha value is -1.03. The lowest BCUT2D eigenvalue weighted by Crippen LogP contribution is -2.38. The third-order valence-corrected chi connectivity index (χ3v) is 2.32. The maximum absolute atomic E-state index is 11.1. The highest BCUT2D eigenvalue weighted by atomic mass is 32.3. The normalized spacial score (nSPS) is 11.3. The van der Waals surface area contributed by atoms with Gasteiger partial charge in [-0.3, -0.25) is 8.98 Å². The van der Waals surface area contributed by atoms with Crippen molar-refractivity contribution in [1.82, 2.24) is 0 Å². The van der Waals surface area contributed by atoms with Crippen LogP contribution in [-0.2, 0) is 28.9 Å². The van der Waals surface area contributed by atoms with Crippen LogP contribution in [0.25, 0.3) is 0 Å². The van der Waals surface area contributed by atoms with Crippen LogP contribution in [0.2, 0.25) is 0 Å². The molecule has 0 aliphatic carbocycles. The molecule has 0 amide bonds. The summed E-state index contributed by atoms with van der Waals surface area (Å²) in [5.74, 6) is -0.262. The molecule has 0 aromatic heterocycles. The number of Topliss-reactive ketones (excluding diaryl/α,β-unsaturated/α-hetero) is 1. The summed E-state index contributed by atoms with van der Waals surface area (Å²) in [4.78, 5) is 21.6. The van der Waals surface area contributed by atoms with E-state index in [1.165, 1.54) is 6.92 Å². The topological polar surface area (TPSA) is 110 Å². The fraction of sp³-hybridized carbons (Fsp3) is 0.818. The van der Waals surface area contributed by atoms with Crippen LogP contribution in [0.4, 0.5) is 0 Å². The molecule has 0 radical (unpaired) electrons. The van der Waals surface area contributed by atoms with Gasteiger partial charge in [0.15, 0.2) is 0 Å². The molecule has 0 aromatic rings. The molecule has 0 spiro atoms. The fourth-order valence-corrected chi connectivity index (χ4v) is 0.784. The van der Waals surface area contributed by atoms with Gasteiger partial charge in [-0.25, -0.2) is 8.42 Å². The average molecular weight is 313 g/mol. The molecule has 9 heteroatoms. The second-order valence-electron chi connectivity index (χ2n) is 5.01. The number of hydrogen-bond donors (Lipinski definition) is 0. The van der Waals surface area contributed by atoms with Crippen LogP contribution < -0.4 is 0 Å². The van der Waals surface area contributed by atoms with E-state index in [0.29, 0.717) is 6.61 Å². The third kappa shape index (κ3) is 22.2. The standard InChI is InChI=1S/C10H20NO3.CH4O4S/c1-9(12)5-6-10(13)14-8-7-11(2,3)4;1-5-6(2,3)4/h5-8H2,1-4H3;1H3,(H,2,3,4)/q+1;/p-1. The largest absolute Gasteiger partial charge is 0.726 e. The second kappa shape index (κ2) is 9.81. The predicted octanol–water partition coefficient (Wildman–Crippen LogP) is -0.302. The molecule has 0 fully saturated rings. The third-order valence-electron chi connectivity index (χ3n) is 1.91. The zero-order valence-corrected chi connectivity index (χ0v) is 13.4. The molecule has 0 saturated carbocycles. The van der Waals surface area contributed by atoms with Crippen molar-refractivity contribution < 1.29 is 36.0 Å². The SMILES string of the molecule is CC(=O)CCC(=O)OCC[N+](C)(C)C.COS(=O)(=O)[O-]. The molecule has 0 unspecified atom stereocenters. The number of carbonyl (C=O) groups is 2. The van der Waals surface area contributed by atoms with Crippen molar-refractivity contribution in [3.63, 3.8) is 0 Å². The number of ketones is 1. The molecule has 0 aromatic carbocycles. The molecular weight excluding hydrogens is 290 g/mol. The zero-order valence-electron chi connectivity index (χ0n) is 12.5. The fourth-order valence-electron chi connectivity index (χ4n) is 0.784. The number of likely N-dealkylation sites (N-methyl/N-ethyl adjacent to an activating group) is 1. The Kier molecular flexibility index (Phi) is 10.4. The van der Waals surface area contributed by atoms with Crippen LogP contribution in [0, 0.1) is 0 Å². The molecule has 0 atom stereocenters. The van der Waals surface area contributed by atoms with Crippen molar-refractivity contribution >= 4 is 22.2 Å². The highest BCUT2D eigenvalue weighted by molar-refractivity contribution is 7.80. The summed E-state index contributed by atoms with van der Waals surface area (Å²) < 4.78 is 36.7. The van der Waals surface area contributed by atoms with E-state index in [1.807, 2.05) is 21.1 Å². The van der Waals surface area contributed by atoms with E-state index < -0.39 is 10.4 Å². The van der Waals surface area contributed by atoms with E-state index in [-0.39, 0.29) is 24.6 Å². The van der Waals surface area contributed by atoms with Crippen LogP contribution in [0.5, 0.6) is 0 Å². The monoisotopic (exact) mass is 313 g/mol. The lowest BCUT2D eigenvalue weighted by atomic mass is 10.2. The van der Waals surface area contributed by atoms with E-state index in [2.05, 4.69) is 4.18 Å². The lowest BCUT2D eigenvalue weighted by Gasteiger charge is -2.23. The van der Waals surface area contributed by atoms with Crippen molar-refractivity contribution in [1.29, 1.82) is 0 Å². The zero-order chi connectivity index (χ0) is 16.4. The molecule has 0 bridgehead atoms. The van der Waals surface area contributed by atoms with Crippen LogP contribution >= 0.6 is 0 Å². The van der Waals surface area contributed by atoms with Crippen LogP contribution in [0.15, 0.2) is 0 Å². The van der Waals surface area contributed by atoms with Gasteiger partial charge in [-0.1, -0.05) is 0 Å². The average Bonchev–Trinajstić information content (AvgIpc) is 2.24. The van der Waals surface area contributed by atoms with Gasteiger partial charge in [0.25, 0.3) is 0 Å². The molecule has 8 nitrogen and oxygen atoms in total. The first-order chi connectivity index (χ1) is 8.87. The van der Waals surface area contributed by atoms with E-state index in [4.69, 9.17) is 4.74 Å². The summed E-state index contributed by atoms with van der Waals surface area (Å²) in [5, 5.41) is 0. The lowest BCUT2D eigenvalue weighted by molar-refractivity contribution is -0.870. The summed E-state index contributed by atoms with van der Waals surface area (Å²) in [7, 11) is 2.49.